The van der Waals surface area contributed by atoms with Crippen LogP contribution in [0.5, 0.6) is 0 Å². The van der Waals surface area contributed by atoms with Crippen molar-refractivity contribution in [2.24, 2.45) is 23.7 Å². The maximum Gasteiger partial charge on any atom is 0.192 e. The Bertz CT molecular complexity index is 535. The average Bonchev–Trinajstić information content (AvgIpc) is 2.90. The van der Waals surface area contributed by atoms with Crippen molar-refractivity contribution >= 4 is 22.2 Å². The zero-order chi connectivity index (χ0) is 20.4. The second-order valence-electron chi connectivity index (χ2n) is 10.6. The van der Waals surface area contributed by atoms with E-state index in [1.165, 1.54) is 24.2 Å². The van der Waals surface area contributed by atoms with Gasteiger partial charge in [0.2, 0.25) is 0 Å². The fraction of sp³-hybridized carbons (Fsp3) is 0.870. The summed E-state index contributed by atoms with van der Waals surface area (Å²) in [4.78, 5) is 13.1. The number of rotatable bonds is 8. The van der Waals surface area contributed by atoms with Crippen LogP contribution in [0.15, 0.2) is 11.6 Å². The molecule has 0 aromatic carbocycles. The highest BCUT2D eigenvalue weighted by Crippen LogP contribution is 2.48. The first-order valence-corrected chi connectivity index (χ1v) is 17.7. The minimum Gasteiger partial charge on any atom is -0.413 e. The molecule has 2 aliphatic rings. The summed E-state index contributed by atoms with van der Waals surface area (Å²) in [5, 5.41) is 0. The molecule has 0 heterocycles. The zero-order valence-corrected chi connectivity index (χ0v) is 21.2. The Hall–Kier alpha value is -0.196. The lowest BCUT2D eigenvalue weighted by Gasteiger charge is -2.41. The Morgan fingerprint density at radius 3 is 2.19 bits per heavy atom. The Balaban J connectivity index is 2.44. The van der Waals surface area contributed by atoms with Gasteiger partial charge in [-0.25, -0.2) is 0 Å². The minimum atomic E-state index is -1.74. The van der Waals surface area contributed by atoms with E-state index in [4.69, 9.17) is 4.43 Å². The molecule has 2 aliphatic carbocycles. The third kappa shape index (κ3) is 5.24. The first-order chi connectivity index (χ1) is 12.6. The van der Waals surface area contributed by atoms with E-state index in [1.807, 2.05) is 0 Å². The molecule has 0 aromatic rings. The van der Waals surface area contributed by atoms with Crippen molar-refractivity contribution in [3.8, 4) is 0 Å². The van der Waals surface area contributed by atoms with Crippen LogP contribution in [0.4, 0.5) is 0 Å². The fourth-order valence-electron chi connectivity index (χ4n) is 5.45. The lowest BCUT2D eigenvalue weighted by Crippen LogP contribution is -2.48. The van der Waals surface area contributed by atoms with Gasteiger partial charge in [0, 0.05) is 20.4 Å². The van der Waals surface area contributed by atoms with E-state index in [-0.39, 0.29) is 12.0 Å². The molecule has 156 valence electrons. The van der Waals surface area contributed by atoms with Crippen LogP contribution in [0.3, 0.4) is 0 Å². The molecule has 0 unspecified atom stereocenters. The van der Waals surface area contributed by atoms with Gasteiger partial charge in [0.1, 0.15) is 5.78 Å². The number of fused-ring (bicyclic) bond motifs is 1. The van der Waals surface area contributed by atoms with Crippen molar-refractivity contribution in [2.45, 2.75) is 104 Å². The summed E-state index contributed by atoms with van der Waals surface area (Å²) in [7, 11) is -2.94. The predicted octanol–water partition coefficient (Wildman–Crippen LogP) is 6.91. The number of carbonyl (C=O) groups excluding carboxylic acids is 1. The largest absolute Gasteiger partial charge is 0.413 e. The normalized spacial score (nSPS) is 29.7. The molecule has 0 radical (unpaired) electrons. The van der Waals surface area contributed by atoms with Crippen LogP contribution in [-0.2, 0) is 9.22 Å². The van der Waals surface area contributed by atoms with Crippen LogP contribution in [0.25, 0.3) is 0 Å². The van der Waals surface area contributed by atoms with Crippen molar-refractivity contribution in [2.75, 3.05) is 0 Å². The summed E-state index contributed by atoms with van der Waals surface area (Å²) in [6.07, 6.45) is 5.62. The van der Waals surface area contributed by atoms with Gasteiger partial charge in [0.05, 0.1) is 6.10 Å². The number of hydrogen-bond acceptors (Lipinski definition) is 2. The molecule has 0 amide bonds. The molecule has 0 N–H and O–H groups in total. The molecule has 0 spiro atoms. The van der Waals surface area contributed by atoms with Crippen molar-refractivity contribution in [3.63, 3.8) is 0 Å². The standard InChI is InChI=1S/C23H44O2Si2/c1-9-27(10-2,11-3)25-23-19(17(4)5)13-12-18(16-26(6,7)8)20-14-15-21(24)22(20)23/h12,17,19-20,22-23H,9-11,13-16H2,1-8H3/t19-,20-,22-,23+/m1/s1. The third-order valence-corrected chi connectivity index (χ3v) is 13.4. The van der Waals surface area contributed by atoms with E-state index in [1.54, 1.807) is 5.57 Å². The van der Waals surface area contributed by atoms with Crippen LogP contribution in [0.1, 0.15) is 53.9 Å². The van der Waals surface area contributed by atoms with Crippen LogP contribution in [0, 0.1) is 23.7 Å². The molecule has 0 aliphatic heterocycles. The van der Waals surface area contributed by atoms with Gasteiger partial charge in [-0.2, -0.15) is 0 Å². The van der Waals surface area contributed by atoms with Gasteiger partial charge in [-0.15, -0.1) is 0 Å². The average molecular weight is 409 g/mol. The Morgan fingerprint density at radius 1 is 1.11 bits per heavy atom. The topological polar surface area (TPSA) is 26.3 Å². The Labute approximate surface area is 170 Å². The molecular formula is C23H44O2Si2. The summed E-state index contributed by atoms with van der Waals surface area (Å²) in [5.74, 6) is 2.11. The highest BCUT2D eigenvalue weighted by Gasteiger charge is 2.49. The van der Waals surface area contributed by atoms with Gasteiger partial charge in [0.15, 0.2) is 8.32 Å². The molecule has 27 heavy (non-hydrogen) atoms. The van der Waals surface area contributed by atoms with E-state index < -0.39 is 16.4 Å². The first kappa shape index (κ1) is 23.1. The van der Waals surface area contributed by atoms with Gasteiger partial charge >= 0.3 is 0 Å². The molecule has 4 heteroatoms. The van der Waals surface area contributed by atoms with Gasteiger partial charge in [-0.05, 0) is 54.8 Å². The first-order valence-electron chi connectivity index (χ1n) is 11.5. The fourth-order valence-corrected chi connectivity index (χ4v) is 9.98. The van der Waals surface area contributed by atoms with Crippen LogP contribution in [0.2, 0.25) is 43.8 Å². The smallest absolute Gasteiger partial charge is 0.192 e. The second-order valence-corrected chi connectivity index (χ2v) is 20.8. The van der Waals surface area contributed by atoms with Gasteiger partial charge in [-0.1, -0.05) is 65.9 Å². The molecule has 0 bridgehead atoms. The lowest BCUT2D eigenvalue weighted by molar-refractivity contribution is -0.125. The number of ketones is 1. The van der Waals surface area contributed by atoms with E-state index in [0.29, 0.717) is 23.5 Å². The third-order valence-electron chi connectivity index (χ3n) is 7.32. The Morgan fingerprint density at radius 2 is 1.70 bits per heavy atom. The predicted molar refractivity (Wildman–Crippen MR) is 122 cm³/mol. The monoisotopic (exact) mass is 408 g/mol. The zero-order valence-electron chi connectivity index (χ0n) is 19.2. The summed E-state index contributed by atoms with van der Waals surface area (Å²) >= 11 is 0. The molecule has 2 nitrogen and oxygen atoms in total. The molecular weight excluding hydrogens is 364 g/mol. The van der Waals surface area contributed by atoms with Crippen LogP contribution in [-0.4, -0.2) is 28.3 Å². The van der Waals surface area contributed by atoms with Crippen molar-refractivity contribution in [1.82, 2.24) is 0 Å². The molecule has 1 saturated carbocycles. The molecule has 2 rings (SSSR count). The highest BCUT2D eigenvalue weighted by molar-refractivity contribution is 6.76. The van der Waals surface area contributed by atoms with Gasteiger partial charge < -0.3 is 4.43 Å². The maximum atomic E-state index is 13.1. The van der Waals surface area contributed by atoms with Crippen molar-refractivity contribution in [3.05, 3.63) is 11.6 Å². The maximum absolute atomic E-state index is 13.1. The van der Waals surface area contributed by atoms with E-state index in [2.05, 4.69) is 60.3 Å². The van der Waals surface area contributed by atoms with Crippen molar-refractivity contribution in [1.29, 1.82) is 0 Å². The summed E-state index contributed by atoms with van der Waals surface area (Å²) in [6.45, 7) is 19.0. The number of hydrogen-bond donors (Lipinski definition) is 0. The van der Waals surface area contributed by atoms with Gasteiger partial charge in [0.25, 0.3) is 0 Å². The van der Waals surface area contributed by atoms with Crippen molar-refractivity contribution < 1.29 is 9.22 Å². The lowest BCUT2D eigenvalue weighted by atomic mass is 9.79. The number of carbonyl (C=O) groups is 1. The summed E-state index contributed by atoms with van der Waals surface area (Å²) < 4.78 is 7.14. The molecule has 0 saturated heterocycles. The van der Waals surface area contributed by atoms with E-state index in [0.717, 1.165) is 19.3 Å². The second kappa shape index (κ2) is 9.08. The molecule has 0 aromatic heterocycles. The Kier molecular flexibility index (Phi) is 7.77. The highest BCUT2D eigenvalue weighted by atomic mass is 28.4. The molecule has 4 atom stereocenters. The number of Topliss-reactive ketones (excluding diaryl/α,β-unsaturated/α-hetero) is 1. The SMILES string of the molecule is CC[Si](CC)(CC)O[C@@H]1[C@H]2C(=O)CC[C@@H]2C(C[Si](C)(C)C)=CC[C@@H]1C(C)C. The number of allylic oxidation sites excluding steroid dienone is 2. The summed E-state index contributed by atoms with van der Waals surface area (Å²) in [5.41, 5.74) is 1.61. The molecule has 1 fully saturated rings. The quantitative estimate of drug-likeness (QED) is 0.322. The summed E-state index contributed by atoms with van der Waals surface area (Å²) in [6, 6.07) is 4.75. The van der Waals surface area contributed by atoms with Crippen LogP contribution < -0.4 is 0 Å². The van der Waals surface area contributed by atoms with E-state index in [9.17, 15) is 4.79 Å². The van der Waals surface area contributed by atoms with Crippen LogP contribution >= 0.6 is 0 Å². The van der Waals surface area contributed by atoms with Gasteiger partial charge in [-0.3, -0.25) is 4.79 Å². The van der Waals surface area contributed by atoms with E-state index >= 15 is 0 Å². The minimum absolute atomic E-state index is 0.124.